The van der Waals surface area contributed by atoms with E-state index in [0.29, 0.717) is 27.7 Å². The Labute approximate surface area is 226 Å². The number of pyridine rings is 1. The zero-order valence-corrected chi connectivity index (χ0v) is 22.8. The molecule has 0 saturated carbocycles. The summed E-state index contributed by atoms with van der Waals surface area (Å²) in [6, 6.07) is 8.23. The van der Waals surface area contributed by atoms with Crippen molar-refractivity contribution in [3.05, 3.63) is 75.8 Å². The number of aromatic nitrogens is 5. The van der Waals surface area contributed by atoms with Crippen LogP contribution >= 0.6 is 11.3 Å². The smallest absolute Gasteiger partial charge is 0.267 e. The molecule has 196 valence electrons. The van der Waals surface area contributed by atoms with Gasteiger partial charge in [-0.2, -0.15) is 15.0 Å². The highest BCUT2D eigenvalue weighted by Gasteiger charge is 2.21. The van der Waals surface area contributed by atoms with Gasteiger partial charge in [-0.15, -0.1) is 0 Å². The fourth-order valence-corrected chi connectivity index (χ4v) is 5.31. The summed E-state index contributed by atoms with van der Waals surface area (Å²) in [7, 11) is 0. The molecule has 1 fully saturated rings. The molecule has 38 heavy (non-hydrogen) atoms. The van der Waals surface area contributed by atoms with E-state index in [-0.39, 0.29) is 5.91 Å². The van der Waals surface area contributed by atoms with Gasteiger partial charge in [0.2, 0.25) is 11.9 Å². The summed E-state index contributed by atoms with van der Waals surface area (Å²) in [5, 5.41) is 6.73. The van der Waals surface area contributed by atoms with Gasteiger partial charge in [0.15, 0.2) is 5.13 Å². The minimum atomic E-state index is -0.192. The minimum absolute atomic E-state index is 0.192. The number of amides is 1. The molecule has 0 aliphatic carbocycles. The second-order valence-electron chi connectivity index (χ2n) is 9.51. The van der Waals surface area contributed by atoms with Crippen LogP contribution in [0.25, 0.3) is 0 Å². The van der Waals surface area contributed by atoms with E-state index in [1.807, 2.05) is 40.1 Å². The number of hydrogen-bond donors (Lipinski definition) is 2. The Hall–Kier alpha value is -3.96. The number of carbonyl (C=O) groups is 1. The zero-order chi connectivity index (χ0) is 26.6. The Morgan fingerprint density at radius 3 is 2.39 bits per heavy atom. The molecule has 0 atom stereocenters. The Morgan fingerprint density at radius 2 is 1.68 bits per heavy atom. The molecule has 10 nitrogen and oxygen atoms in total. The predicted molar refractivity (Wildman–Crippen MR) is 150 cm³/mol. The minimum Gasteiger partial charge on any atom is -0.338 e. The van der Waals surface area contributed by atoms with Crippen LogP contribution in [0.2, 0.25) is 0 Å². The van der Waals surface area contributed by atoms with E-state index in [0.717, 1.165) is 49.5 Å². The number of aryl methyl sites for hydroxylation is 4. The maximum absolute atomic E-state index is 12.9. The van der Waals surface area contributed by atoms with Gasteiger partial charge in [-0.1, -0.05) is 29.0 Å². The number of hydrogen-bond acceptors (Lipinski definition) is 10. The normalized spacial score (nSPS) is 13.9. The van der Waals surface area contributed by atoms with Crippen LogP contribution in [0, 0.1) is 27.7 Å². The first-order chi connectivity index (χ1) is 18.3. The van der Waals surface area contributed by atoms with Crippen molar-refractivity contribution in [2.24, 2.45) is 0 Å². The van der Waals surface area contributed by atoms with Crippen molar-refractivity contribution >= 4 is 40.0 Å². The fraction of sp³-hybridized carbons (Fsp3) is 0.333. The summed E-state index contributed by atoms with van der Waals surface area (Å²) >= 11 is 1.26. The second kappa shape index (κ2) is 11.2. The molecular weight excluding hydrogens is 498 g/mol. The Balaban J connectivity index is 1.22. The van der Waals surface area contributed by atoms with Gasteiger partial charge in [0, 0.05) is 50.8 Å². The van der Waals surface area contributed by atoms with Crippen LogP contribution in [0.5, 0.6) is 0 Å². The molecule has 0 bridgehead atoms. The largest absolute Gasteiger partial charge is 0.338 e. The van der Waals surface area contributed by atoms with Gasteiger partial charge in [0.1, 0.15) is 10.7 Å². The van der Waals surface area contributed by atoms with Crippen LogP contribution in [0.3, 0.4) is 0 Å². The lowest BCUT2D eigenvalue weighted by Crippen LogP contribution is -2.46. The Morgan fingerprint density at radius 1 is 0.974 bits per heavy atom. The second-order valence-corrected chi connectivity index (χ2v) is 10.5. The molecule has 0 unspecified atom stereocenters. The topological polar surface area (TPSA) is 112 Å². The average Bonchev–Trinajstić information content (AvgIpc) is 3.35. The van der Waals surface area contributed by atoms with Crippen molar-refractivity contribution in [3.63, 3.8) is 0 Å². The molecule has 2 N–H and O–H groups in total. The van der Waals surface area contributed by atoms with Gasteiger partial charge in [-0.05, 0) is 56.5 Å². The molecule has 11 heteroatoms. The third-order valence-corrected chi connectivity index (χ3v) is 7.32. The van der Waals surface area contributed by atoms with Crippen LogP contribution in [0.4, 0.5) is 22.7 Å². The number of benzene rings is 1. The first-order valence-corrected chi connectivity index (χ1v) is 13.4. The first-order valence-electron chi connectivity index (χ1n) is 12.5. The summed E-state index contributed by atoms with van der Waals surface area (Å²) in [5.74, 6) is 1.49. The van der Waals surface area contributed by atoms with Crippen molar-refractivity contribution in [1.29, 1.82) is 0 Å². The first kappa shape index (κ1) is 25.7. The van der Waals surface area contributed by atoms with Crippen LogP contribution < -0.4 is 15.5 Å². The van der Waals surface area contributed by atoms with Crippen LogP contribution in [0.1, 0.15) is 37.7 Å². The summed E-state index contributed by atoms with van der Waals surface area (Å²) in [4.78, 5) is 40.1. The van der Waals surface area contributed by atoms with E-state index in [4.69, 9.17) is 0 Å². The van der Waals surface area contributed by atoms with E-state index in [9.17, 15) is 4.79 Å². The van der Waals surface area contributed by atoms with Gasteiger partial charge in [0.05, 0.1) is 6.20 Å². The van der Waals surface area contributed by atoms with Crippen LogP contribution in [-0.4, -0.2) is 61.9 Å². The molecule has 1 aliphatic heterocycles. The van der Waals surface area contributed by atoms with Gasteiger partial charge < -0.3 is 10.2 Å². The van der Waals surface area contributed by atoms with E-state index in [1.165, 1.54) is 22.5 Å². The van der Waals surface area contributed by atoms with Gasteiger partial charge in [-0.3, -0.25) is 20.0 Å². The maximum Gasteiger partial charge on any atom is 0.267 e. The van der Waals surface area contributed by atoms with Crippen molar-refractivity contribution < 1.29 is 4.79 Å². The molecule has 4 heterocycles. The molecule has 1 aliphatic rings. The lowest BCUT2D eigenvalue weighted by molar-refractivity contribution is 0.103. The van der Waals surface area contributed by atoms with E-state index < -0.39 is 0 Å². The van der Waals surface area contributed by atoms with Gasteiger partial charge in [0.25, 0.3) is 5.91 Å². The molecule has 1 amide bonds. The average molecular weight is 530 g/mol. The molecular formula is C27H31N9OS. The van der Waals surface area contributed by atoms with E-state index in [2.05, 4.69) is 69.6 Å². The monoisotopic (exact) mass is 529 g/mol. The third kappa shape index (κ3) is 6.12. The maximum atomic E-state index is 12.9. The van der Waals surface area contributed by atoms with Gasteiger partial charge in [-0.25, -0.2) is 4.98 Å². The van der Waals surface area contributed by atoms with Crippen LogP contribution in [0.15, 0.2) is 42.9 Å². The number of nitrogens with one attached hydrogen (secondary N) is 2. The molecule has 3 aromatic heterocycles. The number of rotatable bonds is 7. The SMILES string of the molecule is Cc1cc(C)c(NC(=O)c2cnc(Nc3nc(C)nc(N4CCN(Cc5ccncc5)CC4)n3)s2)c(C)c1. The predicted octanol–water partition coefficient (Wildman–Crippen LogP) is 4.27. The fourth-order valence-electron chi connectivity index (χ4n) is 4.60. The summed E-state index contributed by atoms with van der Waals surface area (Å²) < 4.78 is 0. The number of anilines is 4. The zero-order valence-electron chi connectivity index (χ0n) is 22.0. The molecule has 4 aromatic rings. The Kier molecular flexibility index (Phi) is 7.57. The lowest BCUT2D eigenvalue weighted by atomic mass is 10.1. The highest BCUT2D eigenvalue weighted by Crippen LogP contribution is 2.26. The number of carbonyl (C=O) groups excluding carboxylic acids is 1. The van der Waals surface area contributed by atoms with Crippen LogP contribution in [-0.2, 0) is 6.54 Å². The number of piperazine rings is 1. The van der Waals surface area contributed by atoms with Crippen molar-refractivity contribution in [1.82, 2.24) is 29.8 Å². The van der Waals surface area contributed by atoms with E-state index >= 15 is 0 Å². The highest BCUT2D eigenvalue weighted by molar-refractivity contribution is 7.17. The number of nitrogens with zero attached hydrogens (tertiary/aromatic N) is 7. The molecule has 0 spiro atoms. The molecule has 1 aromatic carbocycles. The molecule has 5 rings (SSSR count). The summed E-state index contributed by atoms with van der Waals surface area (Å²) in [6.45, 7) is 12.3. The van der Waals surface area contributed by atoms with Crippen molar-refractivity contribution in [2.45, 2.75) is 34.2 Å². The quantitative estimate of drug-likeness (QED) is 0.362. The molecule has 1 saturated heterocycles. The van der Waals surface area contributed by atoms with Crippen molar-refractivity contribution in [2.75, 3.05) is 41.7 Å². The summed E-state index contributed by atoms with van der Waals surface area (Å²) in [6.07, 6.45) is 5.23. The van der Waals surface area contributed by atoms with Crippen molar-refractivity contribution in [3.8, 4) is 0 Å². The third-order valence-electron chi connectivity index (χ3n) is 6.41. The van der Waals surface area contributed by atoms with E-state index in [1.54, 1.807) is 6.20 Å². The number of thiazole rings is 1. The standard InChI is InChI=1S/C27H31N9OS/c1-17-13-18(2)23(19(3)14-17)32-24(37)22-15-29-27(38-22)34-25-30-20(4)31-26(33-25)36-11-9-35(10-12-36)16-21-5-7-28-8-6-21/h5-8,13-15H,9-12,16H2,1-4H3,(H,32,37)(H,29,30,31,33,34). The van der Waals surface area contributed by atoms with Gasteiger partial charge >= 0.3 is 0 Å². The summed E-state index contributed by atoms with van der Waals surface area (Å²) in [5.41, 5.74) is 5.33. The highest BCUT2D eigenvalue weighted by atomic mass is 32.1. The Bertz CT molecular complexity index is 1410. The lowest BCUT2D eigenvalue weighted by Gasteiger charge is -2.34. The molecule has 0 radical (unpaired) electrons.